The van der Waals surface area contributed by atoms with E-state index < -0.39 is 16.1 Å². The van der Waals surface area contributed by atoms with Crippen LogP contribution in [0.15, 0.2) is 53.6 Å². The van der Waals surface area contributed by atoms with Gasteiger partial charge in [0.15, 0.2) is 11.5 Å². The lowest BCUT2D eigenvalue weighted by Crippen LogP contribution is -2.28. The molecule has 1 atom stereocenters. The van der Waals surface area contributed by atoms with Crippen molar-refractivity contribution in [1.29, 1.82) is 0 Å². The maximum atomic E-state index is 12.8. The van der Waals surface area contributed by atoms with E-state index in [2.05, 4.69) is 10.1 Å². The third-order valence-corrected chi connectivity index (χ3v) is 7.23. The molecule has 0 fully saturated rings. The first-order chi connectivity index (χ1) is 14.9. The predicted octanol–water partition coefficient (Wildman–Crippen LogP) is 4.41. The number of aromatic nitrogens is 1. The highest BCUT2D eigenvalue weighted by molar-refractivity contribution is 7.89. The quantitative estimate of drug-likeness (QED) is 0.510. The fourth-order valence-electron chi connectivity index (χ4n) is 3.64. The van der Waals surface area contributed by atoms with Gasteiger partial charge in [-0.2, -0.15) is 9.52 Å². The van der Waals surface area contributed by atoms with Crippen LogP contribution >= 0.6 is 11.6 Å². The maximum absolute atomic E-state index is 12.8. The van der Waals surface area contributed by atoms with Crippen LogP contribution in [0.1, 0.15) is 30.5 Å². The number of hydrazone groups is 1. The summed E-state index contributed by atoms with van der Waals surface area (Å²) in [5.74, 6) is 1.02. The van der Waals surface area contributed by atoms with Crippen molar-refractivity contribution in [2.75, 3.05) is 20.0 Å². The minimum Gasteiger partial charge on any atom is -0.493 e. The number of ether oxygens (including phenoxy) is 2. The molecule has 1 aromatic heterocycles. The first-order valence-electron chi connectivity index (χ1n) is 9.75. The summed E-state index contributed by atoms with van der Waals surface area (Å²) in [6, 6.07) is 14.3. The highest BCUT2D eigenvalue weighted by Crippen LogP contribution is 2.40. The summed E-state index contributed by atoms with van der Waals surface area (Å²) in [4.78, 5) is 4.50. The van der Waals surface area contributed by atoms with Crippen LogP contribution in [0.5, 0.6) is 11.5 Å². The minimum atomic E-state index is -3.61. The molecule has 0 amide bonds. The van der Waals surface area contributed by atoms with Crippen molar-refractivity contribution in [3.63, 3.8) is 0 Å². The van der Waals surface area contributed by atoms with Crippen LogP contribution in [0, 0.1) is 0 Å². The largest absolute Gasteiger partial charge is 0.493 e. The lowest BCUT2D eigenvalue weighted by Gasteiger charge is -2.23. The molecule has 7 nitrogen and oxygen atoms in total. The Morgan fingerprint density at radius 1 is 1.10 bits per heavy atom. The van der Waals surface area contributed by atoms with Crippen molar-refractivity contribution in [1.82, 2.24) is 9.40 Å². The van der Waals surface area contributed by atoms with Crippen LogP contribution in [0.25, 0.3) is 10.9 Å². The van der Waals surface area contributed by atoms with Gasteiger partial charge in [-0.15, -0.1) is 0 Å². The van der Waals surface area contributed by atoms with Gasteiger partial charge in [0, 0.05) is 23.4 Å². The molecule has 0 saturated heterocycles. The second-order valence-corrected chi connectivity index (χ2v) is 9.55. The number of fused-ring (bicyclic) bond motifs is 1. The van der Waals surface area contributed by atoms with Gasteiger partial charge >= 0.3 is 0 Å². The summed E-state index contributed by atoms with van der Waals surface area (Å²) in [5, 5.41) is 5.46. The Kier molecular flexibility index (Phi) is 5.77. The Labute approximate surface area is 186 Å². The molecule has 0 N–H and O–H groups in total. The number of nitrogens with zero attached hydrogens (tertiary/aromatic N) is 3. The van der Waals surface area contributed by atoms with E-state index in [0.717, 1.165) is 10.9 Å². The second kappa shape index (κ2) is 8.36. The first-order valence-corrected chi connectivity index (χ1v) is 11.7. The van der Waals surface area contributed by atoms with Crippen molar-refractivity contribution in [3.8, 4) is 11.5 Å². The maximum Gasteiger partial charge on any atom is 0.250 e. The highest BCUT2D eigenvalue weighted by atomic mass is 35.5. The van der Waals surface area contributed by atoms with Crippen molar-refractivity contribution in [2.24, 2.45) is 5.10 Å². The highest BCUT2D eigenvalue weighted by Gasteiger charge is 2.37. The fourth-order valence-corrected chi connectivity index (χ4v) is 4.98. The monoisotopic (exact) mass is 459 g/mol. The molecule has 4 rings (SSSR count). The molecule has 2 aromatic carbocycles. The third-order valence-electron chi connectivity index (χ3n) is 5.29. The van der Waals surface area contributed by atoms with E-state index in [0.29, 0.717) is 34.7 Å². The van der Waals surface area contributed by atoms with Crippen LogP contribution in [0.4, 0.5) is 0 Å². The van der Waals surface area contributed by atoms with E-state index >= 15 is 0 Å². The number of rotatable bonds is 6. The molecule has 1 aliphatic heterocycles. The standard InChI is InChI=1S/C22H22ClN3O4S/c1-4-31(27,28)26-19(12-18(25-26)14-8-6-5-7-9-14)16-10-15-11-20(29-2)21(30-3)13-17(15)24-22(16)23/h5-11,13,19H,4,12H2,1-3H3. The topological polar surface area (TPSA) is 81.1 Å². The van der Waals surface area contributed by atoms with Gasteiger partial charge in [-0.3, -0.25) is 0 Å². The normalized spacial score (nSPS) is 16.5. The summed E-state index contributed by atoms with van der Waals surface area (Å²) in [5.41, 5.74) is 2.77. The summed E-state index contributed by atoms with van der Waals surface area (Å²) in [7, 11) is -0.509. The number of methoxy groups -OCH3 is 2. The molecule has 0 radical (unpaired) electrons. The third kappa shape index (κ3) is 3.93. The van der Waals surface area contributed by atoms with Gasteiger partial charge in [-0.05, 0) is 24.6 Å². The Morgan fingerprint density at radius 3 is 2.42 bits per heavy atom. The van der Waals surface area contributed by atoms with Gasteiger partial charge < -0.3 is 9.47 Å². The van der Waals surface area contributed by atoms with Gasteiger partial charge in [0.2, 0.25) is 10.0 Å². The van der Waals surface area contributed by atoms with Crippen molar-refractivity contribution >= 4 is 38.2 Å². The summed E-state index contributed by atoms with van der Waals surface area (Å²) in [6.07, 6.45) is 0.392. The summed E-state index contributed by atoms with van der Waals surface area (Å²) in [6.45, 7) is 1.60. The number of benzene rings is 2. The first kappa shape index (κ1) is 21.4. The average Bonchev–Trinajstić information content (AvgIpc) is 3.24. The van der Waals surface area contributed by atoms with Gasteiger partial charge in [0.05, 0.1) is 37.2 Å². The van der Waals surface area contributed by atoms with Crippen LogP contribution < -0.4 is 9.47 Å². The Hall–Kier alpha value is -2.84. The molecule has 162 valence electrons. The summed E-state index contributed by atoms with van der Waals surface area (Å²) < 4.78 is 37.6. The fraction of sp³-hybridized carbons (Fsp3) is 0.273. The number of pyridine rings is 1. The predicted molar refractivity (Wildman–Crippen MR) is 121 cm³/mol. The molecule has 0 spiro atoms. The van der Waals surface area contributed by atoms with Crippen LogP contribution in [0.2, 0.25) is 5.15 Å². The number of halogens is 1. The lowest BCUT2D eigenvalue weighted by atomic mass is 9.99. The molecular formula is C22H22ClN3O4S. The van der Waals surface area contributed by atoms with E-state index in [9.17, 15) is 8.42 Å². The average molecular weight is 460 g/mol. The molecule has 0 bridgehead atoms. The van der Waals surface area contributed by atoms with Gasteiger partial charge in [0.1, 0.15) is 5.15 Å². The molecule has 1 aliphatic rings. The summed E-state index contributed by atoms with van der Waals surface area (Å²) >= 11 is 6.55. The zero-order valence-corrected chi connectivity index (χ0v) is 18.9. The molecule has 0 aliphatic carbocycles. The Morgan fingerprint density at radius 2 is 1.77 bits per heavy atom. The van der Waals surface area contributed by atoms with E-state index in [4.69, 9.17) is 21.1 Å². The SMILES string of the molecule is CCS(=O)(=O)N1N=C(c2ccccc2)CC1c1cc2cc(OC)c(OC)cc2nc1Cl. The number of hydrogen-bond donors (Lipinski definition) is 0. The smallest absolute Gasteiger partial charge is 0.250 e. The van der Waals surface area contributed by atoms with E-state index in [1.54, 1.807) is 33.3 Å². The Balaban J connectivity index is 1.84. The molecule has 1 unspecified atom stereocenters. The van der Waals surface area contributed by atoms with Crippen molar-refractivity contribution < 1.29 is 17.9 Å². The van der Waals surface area contributed by atoms with E-state index in [-0.39, 0.29) is 10.9 Å². The Bertz CT molecular complexity index is 1260. The van der Waals surface area contributed by atoms with Crippen molar-refractivity contribution in [2.45, 2.75) is 19.4 Å². The van der Waals surface area contributed by atoms with Crippen LogP contribution in [0.3, 0.4) is 0 Å². The van der Waals surface area contributed by atoms with E-state index in [1.165, 1.54) is 4.41 Å². The molecule has 0 saturated carbocycles. The van der Waals surface area contributed by atoms with Crippen LogP contribution in [-0.4, -0.2) is 43.5 Å². The van der Waals surface area contributed by atoms with Gasteiger partial charge in [-0.1, -0.05) is 41.9 Å². The lowest BCUT2D eigenvalue weighted by molar-refractivity contribution is 0.355. The van der Waals surface area contributed by atoms with Crippen molar-refractivity contribution in [3.05, 3.63) is 64.8 Å². The second-order valence-electron chi connectivity index (χ2n) is 7.07. The molecule has 9 heteroatoms. The molecule has 31 heavy (non-hydrogen) atoms. The minimum absolute atomic E-state index is 0.0707. The molecule has 2 heterocycles. The molecular weight excluding hydrogens is 438 g/mol. The van der Waals surface area contributed by atoms with Gasteiger partial charge in [0.25, 0.3) is 0 Å². The zero-order valence-electron chi connectivity index (χ0n) is 17.4. The number of sulfonamides is 1. The van der Waals surface area contributed by atoms with Crippen LogP contribution in [-0.2, 0) is 10.0 Å². The zero-order chi connectivity index (χ0) is 22.2. The number of hydrogen-bond acceptors (Lipinski definition) is 6. The van der Waals surface area contributed by atoms with E-state index in [1.807, 2.05) is 36.4 Å². The molecule has 3 aromatic rings. The van der Waals surface area contributed by atoms with Gasteiger partial charge in [-0.25, -0.2) is 13.4 Å².